The predicted molar refractivity (Wildman–Crippen MR) is 83.9 cm³/mol. The first kappa shape index (κ1) is 17.4. The molecule has 124 valence electrons. The Morgan fingerprint density at radius 2 is 1.91 bits per heavy atom. The molecule has 23 heavy (non-hydrogen) atoms. The molecular formula is C14H14Cl2N2O5. The summed E-state index contributed by atoms with van der Waals surface area (Å²) in [4.78, 5) is 33.7. The first-order valence-corrected chi connectivity index (χ1v) is 7.53. The van der Waals surface area contributed by atoms with Crippen molar-refractivity contribution >= 4 is 46.7 Å². The minimum atomic E-state index is -1.08. The molecule has 0 spiro atoms. The van der Waals surface area contributed by atoms with Crippen LogP contribution in [0.25, 0.3) is 0 Å². The van der Waals surface area contributed by atoms with Crippen molar-refractivity contribution in [3.63, 3.8) is 0 Å². The van der Waals surface area contributed by atoms with Gasteiger partial charge in [0.15, 0.2) is 0 Å². The van der Waals surface area contributed by atoms with E-state index in [0.29, 0.717) is 21.3 Å². The van der Waals surface area contributed by atoms with Crippen LogP contribution in [0.2, 0.25) is 10.0 Å². The van der Waals surface area contributed by atoms with Crippen molar-refractivity contribution in [1.82, 2.24) is 5.32 Å². The van der Waals surface area contributed by atoms with Crippen molar-refractivity contribution in [3.05, 3.63) is 27.7 Å². The van der Waals surface area contributed by atoms with Gasteiger partial charge in [-0.05, 0) is 12.1 Å². The van der Waals surface area contributed by atoms with Crippen LogP contribution in [0.4, 0.5) is 5.69 Å². The molecule has 1 aliphatic heterocycles. The number of nitrogens with one attached hydrogen (secondary N) is 2. The maximum Gasteiger partial charge on any atom is 0.326 e. The second-order valence-corrected chi connectivity index (χ2v) is 5.98. The van der Waals surface area contributed by atoms with Crippen molar-refractivity contribution in [1.29, 1.82) is 0 Å². The van der Waals surface area contributed by atoms with E-state index in [1.54, 1.807) is 0 Å². The number of amides is 1. The van der Waals surface area contributed by atoms with Crippen LogP contribution in [0.3, 0.4) is 0 Å². The molecule has 0 bridgehead atoms. The standard InChI is InChI=1S/C14H14Cl2N2O5/c15-6-3-7(16)13-8(4-6)17-10(14(22)23)5-9(13)18-11(19)1-2-12(20)21/h3-4,9-10,17H,1-2,5H2,(H,18,19)(H,20,21)(H,22,23)/t9-,10+/m1/s1. The first-order chi connectivity index (χ1) is 10.8. The molecule has 0 radical (unpaired) electrons. The number of halogens is 2. The molecule has 0 unspecified atom stereocenters. The van der Waals surface area contributed by atoms with E-state index < -0.39 is 29.9 Å². The first-order valence-electron chi connectivity index (χ1n) is 6.77. The number of carbonyl (C=O) groups is 3. The number of carbonyl (C=O) groups excluding carboxylic acids is 1. The lowest BCUT2D eigenvalue weighted by atomic mass is 9.92. The van der Waals surface area contributed by atoms with E-state index in [-0.39, 0.29) is 19.3 Å². The Morgan fingerprint density at radius 1 is 1.22 bits per heavy atom. The Kier molecular flexibility index (Phi) is 5.33. The number of rotatable bonds is 5. The van der Waals surface area contributed by atoms with Crippen LogP contribution >= 0.6 is 23.2 Å². The largest absolute Gasteiger partial charge is 0.481 e. The zero-order valence-corrected chi connectivity index (χ0v) is 13.3. The Hall–Kier alpha value is -1.99. The fourth-order valence-electron chi connectivity index (χ4n) is 2.44. The Bertz CT molecular complexity index is 665. The molecule has 0 aromatic heterocycles. The summed E-state index contributed by atoms with van der Waals surface area (Å²) in [5.74, 6) is -2.64. The summed E-state index contributed by atoms with van der Waals surface area (Å²) >= 11 is 12.1. The zero-order valence-electron chi connectivity index (χ0n) is 11.8. The van der Waals surface area contributed by atoms with E-state index in [9.17, 15) is 19.5 Å². The molecule has 2 atom stereocenters. The van der Waals surface area contributed by atoms with Crippen LogP contribution in [0, 0.1) is 0 Å². The molecule has 0 saturated carbocycles. The summed E-state index contributed by atoms with van der Waals surface area (Å²) in [6.07, 6.45) is -0.416. The van der Waals surface area contributed by atoms with Gasteiger partial charge in [0, 0.05) is 34.1 Å². The minimum absolute atomic E-state index is 0.0858. The van der Waals surface area contributed by atoms with Gasteiger partial charge < -0.3 is 20.8 Å². The number of fused-ring (bicyclic) bond motifs is 1. The molecule has 1 aliphatic rings. The molecule has 7 nitrogen and oxygen atoms in total. The number of anilines is 1. The molecule has 1 heterocycles. The number of aliphatic carboxylic acids is 2. The van der Waals surface area contributed by atoms with Crippen LogP contribution in [0.15, 0.2) is 12.1 Å². The molecule has 0 saturated heterocycles. The van der Waals surface area contributed by atoms with Crippen LogP contribution in [0.1, 0.15) is 30.9 Å². The van der Waals surface area contributed by atoms with Gasteiger partial charge in [-0.25, -0.2) is 4.79 Å². The average Bonchev–Trinajstić information content (AvgIpc) is 2.43. The SMILES string of the molecule is O=C(O)CCC(=O)N[C@@H]1C[C@@H](C(=O)O)Nc2cc(Cl)cc(Cl)c21. The summed E-state index contributed by atoms with van der Waals surface area (Å²) < 4.78 is 0. The zero-order chi connectivity index (χ0) is 17.1. The van der Waals surface area contributed by atoms with E-state index in [2.05, 4.69) is 10.6 Å². The van der Waals surface area contributed by atoms with Gasteiger partial charge in [-0.15, -0.1) is 0 Å². The molecule has 0 fully saturated rings. The highest BCUT2D eigenvalue weighted by Gasteiger charge is 2.33. The maximum atomic E-state index is 11.9. The summed E-state index contributed by atoms with van der Waals surface area (Å²) in [7, 11) is 0. The van der Waals surface area contributed by atoms with Crippen molar-refractivity contribution in [2.45, 2.75) is 31.3 Å². The second-order valence-electron chi connectivity index (χ2n) is 5.13. The lowest BCUT2D eigenvalue weighted by Gasteiger charge is -2.32. The Labute approximate surface area is 141 Å². The highest BCUT2D eigenvalue weighted by atomic mass is 35.5. The van der Waals surface area contributed by atoms with Crippen molar-refractivity contribution < 1.29 is 24.6 Å². The monoisotopic (exact) mass is 360 g/mol. The fourth-order valence-corrected chi connectivity index (χ4v) is 3.06. The van der Waals surface area contributed by atoms with Crippen LogP contribution < -0.4 is 10.6 Å². The third-order valence-corrected chi connectivity index (χ3v) is 3.97. The molecule has 1 aromatic carbocycles. The van der Waals surface area contributed by atoms with Gasteiger partial charge in [0.25, 0.3) is 0 Å². The number of carboxylic acids is 2. The summed E-state index contributed by atoms with van der Waals surface area (Å²) in [5.41, 5.74) is 0.974. The van der Waals surface area contributed by atoms with Gasteiger partial charge in [-0.3, -0.25) is 9.59 Å². The third-order valence-electron chi connectivity index (χ3n) is 3.44. The van der Waals surface area contributed by atoms with Gasteiger partial charge in [-0.1, -0.05) is 23.2 Å². The topological polar surface area (TPSA) is 116 Å². The summed E-state index contributed by atoms with van der Waals surface area (Å²) in [6.45, 7) is 0. The van der Waals surface area contributed by atoms with Crippen LogP contribution in [-0.4, -0.2) is 34.1 Å². The molecule has 4 N–H and O–H groups in total. The molecule has 9 heteroatoms. The maximum absolute atomic E-state index is 11.9. The Balaban J connectivity index is 2.26. The van der Waals surface area contributed by atoms with Gasteiger partial charge in [0.05, 0.1) is 12.5 Å². The number of hydrogen-bond acceptors (Lipinski definition) is 4. The van der Waals surface area contributed by atoms with Gasteiger partial charge in [0.2, 0.25) is 5.91 Å². The van der Waals surface area contributed by atoms with E-state index in [0.717, 1.165) is 0 Å². The average molecular weight is 361 g/mol. The number of benzene rings is 1. The predicted octanol–water partition coefficient (Wildman–Crippen LogP) is 2.28. The van der Waals surface area contributed by atoms with Gasteiger partial charge >= 0.3 is 11.9 Å². The van der Waals surface area contributed by atoms with Gasteiger partial charge in [0.1, 0.15) is 6.04 Å². The van der Waals surface area contributed by atoms with Crippen molar-refractivity contribution in [3.8, 4) is 0 Å². The number of carboxylic acid groups (broad SMARTS) is 2. The van der Waals surface area contributed by atoms with E-state index in [1.807, 2.05) is 0 Å². The van der Waals surface area contributed by atoms with Crippen molar-refractivity contribution in [2.75, 3.05) is 5.32 Å². The lowest BCUT2D eigenvalue weighted by molar-refractivity contribution is -0.138. The molecular weight excluding hydrogens is 347 g/mol. The molecule has 0 aliphatic carbocycles. The number of hydrogen-bond donors (Lipinski definition) is 4. The normalized spacial score (nSPS) is 19.4. The van der Waals surface area contributed by atoms with Crippen molar-refractivity contribution in [2.24, 2.45) is 0 Å². The summed E-state index contributed by atoms with van der Waals surface area (Å²) in [5, 5.41) is 23.9. The quantitative estimate of drug-likeness (QED) is 0.640. The fraction of sp³-hybridized carbons (Fsp3) is 0.357. The lowest BCUT2D eigenvalue weighted by Crippen LogP contribution is -2.41. The highest BCUT2D eigenvalue weighted by Crippen LogP contribution is 2.39. The summed E-state index contributed by atoms with van der Waals surface area (Å²) in [6, 6.07) is 1.48. The van der Waals surface area contributed by atoms with Crippen LogP contribution in [-0.2, 0) is 14.4 Å². The Morgan fingerprint density at radius 3 is 2.52 bits per heavy atom. The third kappa shape index (κ3) is 4.27. The molecule has 1 aromatic rings. The van der Waals surface area contributed by atoms with Crippen LogP contribution in [0.5, 0.6) is 0 Å². The van der Waals surface area contributed by atoms with E-state index in [4.69, 9.17) is 28.3 Å². The van der Waals surface area contributed by atoms with Gasteiger partial charge in [-0.2, -0.15) is 0 Å². The highest BCUT2D eigenvalue weighted by molar-refractivity contribution is 6.35. The molecule has 2 rings (SSSR count). The van der Waals surface area contributed by atoms with E-state index >= 15 is 0 Å². The second kappa shape index (κ2) is 7.06. The smallest absolute Gasteiger partial charge is 0.326 e. The minimum Gasteiger partial charge on any atom is -0.481 e. The van der Waals surface area contributed by atoms with E-state index in [1.165, 1.54) is 12.1 Å². The molecule has 1 amide bonds.